The minimum absolute atomic E-state index is 0.0822. The van der Waals surface area contributed by atoms with E-state index in [-0.39, 0.29) is 5.82 Å². The lowest BCUT2D eigenvalue weighted by molar-refractivity contribution is 0.164. The Balaban J connectivity index is 1.65. The Morgan fingerprint density at radius 1 is 1.22 bits per heavy atom. The van der Waals surface area contributed by atoms with Crippen molar-refractivity contribution in [2.24, 2.45) is 0 Å². The monoisotopic (exact) mass is 248 g/mol. The smallest absolute Gasteiger partial charge is 0.127 e. The Morgan fingerprint density at radius 3 is 2.56 bits per heavy atom. The zero-order valence-electron chi connectivity index (χ0n) is 10.9. The van der Waals surface area contributed by atoms with Crippen molar-refractivity contribution in [2.45, 2.75) is 50.4 Å². The van der Waals surface area contributed by atoms with Crippen molar-refractivity contribution in [3.05, 3.63) is 35.6 Å². The lowest BCUT2D eigenvalue weighted by Gasteiger charge is -2.35. The second-order valence-electron chi connectivity index (χ2n) is 5.77. The fourth-order valence-electron chi connectivity index (χ4n) is 3.41. The molecule has 2 nitrogen and oxygen atoms in total. The fourth-order valence-corrected chi connectivity index (χ4v) is 3.41. The third-order valence-corrected chi connectivity index (χ3v) is 4.45. The molecule has 1 aromatic carbocycles. The highest BCUT2D eigenvalue weighted by atomic mass is 19.1. The SMILES string of the molecule is CN(Cc1ccccc1F)C1CC2CCC(C1)N2. The molecule has 2 unspecified atom stereocenters. The number of benzene rings is 1. The molecule has 0 aromatic heterocycles. The van der Waals surface area contributed by atoms with Crippen LogP contribution in [0.3, 0.4) is 0 Å². The molecule has 2 fully saturated rings. The van der Waals surface area contributed by atoms with E-state index in [4.69, 9.17) is 0 Å². The van der Waals surface area contributed by atoms with Gasteiger partial charge in [0.15, 0.2) is 0 Å². The maximum Gasteiger partial charge on any atom is 0.127 e. The first-order chi connectivity index (χ1) is 8.72. The molecule has 18 heavy (non-hydrogen) atoms. The molecule has 2 aliphatic heterocycles. The number of halogens is 1. The predicted molar refractivity (Wildman–Crippen MR) is 70.8 cm³/mol. The van der Waals surface area contributed by atoms with Crippen molar-refractivity contribution in [3.8, 4) is 0 Å². The lowest BCUT2D eigenvalue weighted by atomic mass is 9.98. The number of rotatable bonds is 3. The largest absolute Gasteiger partial charge is 0.311 e. The van der Waals surface area contributed by atoms with Gasteiger partial charge >= 0.3 is 0 Å². The molecule has 0 saturated carbocycles. The van der Waals surface area contributed by atoms with Crippen LogP contribution in [0.5, 0.6) is 0 Å². The fraction of sp³-hybridized carbons (Fsp3) is 0.600. The summed E-state index contributed by atoms with van der Waals surface area (Å²) in [6, 6.07) is 9.09. The number of nitrogens with one attached hydrogen (secondary N) is 1. The van der Waals surface area contributed by atoms with Gasteiger partial charge in [-0.25, -0.2) is 4.39 Å². The first-order valence-corrected chi connectivity index (χ1v) is 6.92. The normalized spacial score (nSPS) is 30.9. The molecule has 1 aromatic rings. The average Bonchev–Trinajstić information content (AvgIpc) is 2.71. The molecular weight excluding hydrogens is 227 g/mol. The van der Waals surface area contributed by atoms with E-state index in [0.717, 1.165) is 12.1 Å². The number of piperidine rings is 1. The zero-order chi connectivity index (χ0) is 12.5. The second-order valence-corrected chi connectivity index (χ2v) is 5.77. The van der Waals surface area contributed by atoms with Gasteiger partial charge in [0.1, 0.15) is 5.82 Å². The van der Waals surface area contributed by atoms with Crippen LogP contribution in [0.15, 0.2) is 24.3 Å². The lowest BCUT2D eigenvalue weighted by Crippen LogP contribution is -2.46. The van der Waals surface area contributed by atoms with Crippen molar-refractivity contribution in [1.29, 1.82) is 0 Å². The van der Waals surface area contributed by atoms with Gasteiger partial charge in [-0.05, 0) is 38.8 Å². The minimum Gasteiger partial charge on any atom is -0.311 e. The molecule has 2 heterocycles. The molecule has 2 atom stereocenters. The van der Waals surface area contributed by atoms with Crippen LogP contribution < -0.4 is 5.32 Å². The van der Waals surface area contributed by atoms with Crippen LogP contribution in [0.4, 0.5) is 4.39 Å². The summed E-state index contributed by atoms with van der Waals surface area (Å²) in [5.41, 5.74) is 0.811. The molecule has 2 bridgehead atoms. The highest BCUT2D eigenvalue weighted by Gasteiger charge is 2.35. The van der Waals surface area contributed by atoms with E-state index in [1.165, 1.54) is 25.7 Å². The standard InChI is InChI=1S/C15H21FN2/c1-18(10-11-4-2-3-5-15(11)16)14-8-12-6-7-13(9-14)17-12/h2-5,12-14,17H,6-10H2,1H3. The summed E-state index contributed by atoms with van der Waals surface area (Å²) in [7, 11) is 2.13. The van der Waals surface area contributed by atoms with Crippen LogP contribution in [0.25, 0.3) is 0 Å². The highest BCUT2D eigenvalue weighted by Crippen LogP contribution is 2.29. The van der Waals surface area contributed by atoms with Gasteiger partial charge in [0, 0.05) is 30.2 Å². The van der Waals surface area contributed by atoms with Gasteiger partial charge < -0.3 is 5.32 Å². The second kappa shape index (κ2) is 4.98. The van der Waals surface area contributed by atoms with Gasteiger partial charge in [0.05, 0.1) is 0 Å². The van der Waals surface area contributed by atoms with E-state index >= 15 is 0 Å². The van der Waals surface area contributed by atoms with Crippen molar-refractivity contribution < 1.29 is 4.39 Å². The molecule has 3 heteroatoms. The predicted octanol–water partition coefficient (Wildman–Crippen LogP) is 2.54. The van der Waals surface area contributed by atoms with Crippen molar-refractivity contribution in [1.82, 2.24) is 10.2 Å². The van der Waals surface area contributed by atoms with Crippen molar-refractivity contribution in [3.63, 3.8) is 0 Å². The number of nitrogens with zero attached hydrogens (tertiary/aromatic N) is 1. The molecule has 0 amide bonds. The van der Waals surface area contributed by atoms with Crippen LogP contribution in [0, 0.1) is 5.82 Å². The van der Waals surface area contributed by atoms with E-state index < -0.39 is 0 Å². The molecule has 0 radical (unpaired) electrons. The van der Waals surface area contributed by atoms with Gasteiger partial charge in [-0.2, -0.15) is 0 Å². The summed E-state index contributed by atoms with van der Waals surface area (Å²) in [6.45, 7) is 0.719. The zero-order valence-corrected chi connectivity index (χ0v) is 10.9. The van der Waals surface area contributed by atoms with E-state index in [2.05, 4.69) is 17.3 Å². The summed E-state index contributed by atoms with van der Waals surface area (Å²) >= 11 is 0. The van der Waals surface area contributed by atoms with E-state index in [1.54, 1.807) is 12.1 Å². The maximum absolute atomic E-state index is 13.6. The van der Waals surface area contributed by atoms with Gasteiger partial charge in [-0.1, -0.05) is 18.2 Å². The Morgan fingerprint density at radius 2 is 1.89 bits per heavy atom. The van der Waals surface area contributed by atoms with Crippen molar-refractivity contribution in [2.75, 3.05) is 7.05 Å². The molecule has 98 valence electrons. The third kappa shape index (κ3) is 2.43. The Labute approximate surface area is 108 Å². The minimum atomic E-state index is -0.0822. The summed E-state index contributed by atoms with van der Waals surface area (Å²) < 4.78 is 13.6. The molecule has 0 spiro atoms. The maximum atomic E-state index is 13.6. The third-order valence-electron chi connectivity index (χ3n) is 4.45. The van der Waals surface area contributed by atoms with E-state index in [9.17, 15) is 4.39 Å². The first-order valence-electron chi connectivity index (χ1n) is 6.92. The van der Waals surface area contributed by atoms with Crippen LogP contribution in [0.1, 0.15) is 31.2 Å². The van der Waals surface area contributed by atoms with Crippen LogP contribution in [-0.2, 0) is 6.54 Å². The van der Waals surface area contributed by atoms with Gasteiger partial charge in [-0.15, -0.1) is 0 Å². The quantitative estimate of drug-likeness (QED) is 0.884. The van der Waals surface area contributed by atoms with E-state index in [1.807, 2.05) is 12.1 Å². The molecule has 1 N–H and O–H groups in total. The highest BCUT2D eigenvalue weighted by molar-refractivity contribution is 5.17. The van der Waals surface area contributed by atoms with Gasteiger partial charge in [0.2, 0.25) is 0 Å². The Bertz CT molecular complexity index is 409. The first kappa shape index (κ1) is 12.1. The molecule has 3 rings (SSSR count). The van der Waals surface area contributed by atoms with Crippen molar-refractivity contribution >= 4 is 0 Å². The summed E-state index contributed by atoms with van der Waals surface area (Å²) in [5.74, 6) is -0.0822. The molecule has 2 saturated heterocycles. The van der Waals surface area contributed by atoms with Gasteiger partial charge in [-0.3, -0.25) is 4.90 Å². The average molecular weight is 248 g/mol. The summed E-state index contributed by atoms with van der Waals surface area (Å²) in [4.78, 5) is 2.32. The number of hydrogen-bond donors (Lipinski definition) is 1. The molecule has 2 aliphatic rings. The van der Waals surface area contributed by atoms with Crippen LogP contribution >= 0.6 is 0 Å². The Kier molecular flexibility index (Phi) is 3.35. The summed E-state index contributed by atoms with van der Waals surface area (Å²) in [6.07, 6.45) is 5.05. The number of fused-ring (bicyclic) bond motifs is 2. The van der Waals surface area contributed by atoms with Crippen LogP contribution in [-0.4, -0.2) is 30.1 Å². The van der Waals surface area contributed by atoms with E-state index in [0.29, 0.717) is 18.1 Å². The van der Waals surface area contributed by atoms with Gasteiger partial charge in [0.25, 0.3) is 0 Å². The topological polar surface area (TPSA) is 15.3 Å². The van der Waals surface area contributed by atoms with Crippen LogP contribution in [0.2, 0.25) is 0 Å². The molecule has 0 aliphatic carbocycles. The Hall–Kier alpha value is -0.930. The number of hydrogen-bond acceptors (Lipinski definition) is 2. The molecular formula is C15H21FN2. The summed E-state index contributed by atoms with van der Waals surface area (Å²) in [5, 5.41) is 3.65.